The Morgan fingerprint density at radius 2 is 2.00 bits per heavy atom. The van der Waals surface area contributed by atoms with Crippen LogP contribution in [0, 0.1) is 20.8 Å². The van der Waals surface area contributed by atoms with Gasteiger partial charge < -0.3 is 9.72 Å². The molecule has 3 rings (SSSR count). The average Bonchev–Trinajstić information content (AvgIpc) is 2.98. The Labute approximate surface area is 111 Å². The van der Waals surface area contributed by atoms with Gasteiger partial charge in [-0.15, -0.1) is 0 Å². The summed E-state index contributed by atoms with van der Waals surface area (Å²) in [6, 6.07) is 0. The monoisotopic (exact) mass is 256 g/mol. The number of nitrogens with one attached hydrogen (secondary N) is 1. The van der Waals surface area contributed by atoms with E-state index in [1.165, 1.54) is 5.56 Å². The zero-order valence-electron chi connectivity index (χ0n) is 11.5. The fourth-order valence-electron chi connectivity index (χ4n) is 2.10. The summed E-state index contributed by atoms with van der Waals surface area (Å²) in [5.74, 6) is 1.52. The van der Waals surface area contributed by atoms with Crippen LogP contribution in [0.1, 0.15) is 17.0 Å². The van der Waals surface area contributed by atoms with Crippen molar-refractivity contribution in [2.75, 3.05) is 12.4 Å². The maximum absolute atomic E-state index is 4.58. The predicted molar refractivity (Wildman–Crippen MR) is 73.9 cm³/mol. The first-order chi connectivity index (χ1) is 9.11. The molecule has 0 spiro atoms. The Hall–Kier alpha value is -2.37. The predicted octanol–water partition coefficient (Wildman–Crippen LogP) is 1.88. The van der Waals surface area contributed by atoms with E-state index >= 15 is 0 Å². The zero-order chi connectivity index (χ0) is 13.6. The van der Waals surface area contributed by atoms with Crippen molar-refractivity contribution in [1.29, 1.82) is 0 Å². The van der Waals surface area contributed by atoms with E-state index in [1.54, 1.807) is 6.20 Å². The van der Waals surface area contributed by atoms with Gasteiger partial charge in [0.15, 0.2) is 11.5 Å². The van der Waals surface area contributed by atoms with Gasteiger partial charge in [-0.1, -0.05) is 0 Å². The number of hydrogen-bond donors (Lipinski definition) is 1. The van der Waals surface area contributed by atoms with Crippen molar-refractivity contribution in [1.82, 2.24) is 24.1 Å². The molecule has 19 heavy (non-hydrogen) atoms. The summed E-state index contributed by atoms with van der Waals surface area (Å²) in [7, 11) is 1.85. The number of aryl methyl sites for hydroxylation is 1. The molecule has 0 aliphatic heterocycles. The van der Waals surface area contributed by atoms with Crippen molar-refractivity contribution in [2.24, 2.45) is 0 Å². The van der Waals surface area contributed by atoms with Crippen LogP contribution in [-0.2, 0) is 0 Å². The minimum absolute atomic E-state index is 0.741. The van der Waals surface area contributed by atoms with Crippen molar-refractivity contribution in [3.63, 3.8) is 0 Å². The summed E-state index contributed by atoms with van der Waals surface area (Å²) < 4.78 is 3.80. The van der Waals surface area contributed by atoms with E-state index in [-0.39, 0.29) is 0 Å². The highest BCUT2D eigenvalue weighted by molar-refractivity contribution is 5.58. The molecule has 0 amide bonds. The molecule has 0 aliphatic rings. The van der Waals surface area contributed by atoms with E-state index < -0.39 is 0 Å². The fraction of sp³-hybridized carbons (Fsp3) is 0.308. The van der Waals surface area contributed by atoms with E-state index in [9.17, 15) is 0 Å². The summed E-state index contributed by atoms with van der Waals surface area (Å²) in [6.45, 7) is 6.12. The third-order valence-electron chi connectivity index (χ3n) is 3.47. The lowest BCUT2D eigenvalue weighted by Crippen LogP contribution is -2.07. The molecule has 3 aromatic rings. The molecule has 3 heterocycles. The average molecular weight is 256 g/mol. The van der Waals surface area contributed by atoms with Crippen molar-refractivity contribution in [3.8, 4) is 5.82 Å². The van der Waals surface area contributed by atoms with Crippen LogP contribution < -0.4 is 5.32 Å². The SMILES string of the molecule is CNc1cn2ccnc2c(-n2nc(C)c(C)c2C)n1. The van der Waals surface area contributed by atoms with Gasteiger partial charge in [0.1, 0.15) is 5.82 Å². The molecule has 0 fully saturated rings. The van der Waals surface area contributed by atoms with Crippen LogP contribution in [0.25, 0.3) is 11.5 Å². The summed E-state index contributed by atoms with van der Waals surface area (Å²) in [5, 5.41) is 7.62. The minimum Gasteiger partial charge on any atom is -0.372 e. The molecule has 98 valence electrons. The summed E-state index contributed by atoms with van der Waals surface area (Å²) in [6.07, 6.45) is 5.57. The molecular weight excluding hydrogens is 240 g/mol. The van der Waals surface area contributed by atoms with Crippen molar-refractivity contribution in [2.45, 2.75) is 20.8 Å². The topological polar surface area (TPSA) is 60.0 Å². The van der Waals surface area contributed by atoms with Crippen molar-refractivity contribution < 1.29 is 0 Å². The van der Waals surface area contributed by atoms with Crippen LogP contribution in [0.5, 0.6) is 0 Å². The molecular formula is C13H16N6. The van der Waals surface area contributed by atoms with Gasteiger partial charge in [0.2, 0.25) is 0 Å². The number of hydrogen-bond acceptors (Lipinski definition) is 4. The summed E-state index contributed by atoms with van der Waals surface area (Å²) in [4.78, 5) is 8.95. The number of aromatic nitrogens is 5. The highest BCUT2D eigenvalue weighted by atomic mass is 15.3. The first kappa shape index (κ1) is 11.7. The zero-order valence-corrected chi connectivity index (χ0v) is 11.5. The lowest BCUT2D eigenvalue weighted by molar-refractivity contribution is 0.803. The number of anilines is 1. The highest BCUT2D eigenvalue weighted by Gasteiger charge is 2.15. The molecule has 6 nitrogen and oxygen atoms in total. The number of imidazole rings is 1. The van der Waals surface area contributed by atoms with Crippen molar-refractivity contribution >= 4 is 11.5 Å². The van der Waals surface area contributed by atoms with Crippen LogP contribution in [0.3, 0.4) is 0 Å². The second-order valence-corrected chi connectivity index (χ2v) is 4.57. The van der Waals surface area contributed by atoms with Gasteiger partial charge in [-0.2, -0.15) is 5.10 Å². The van der Waals surface area contributed by atoms with Crippen LogP contribution in [0.2, 0.25) is 0 Å². The molecule has 1 N–H and O–H groups in total. The largest absolute Gasteiger partial charge is 0.372 e. The maximum Gasteiger partial charge on any atom is 0.199 e. The molecule has 3 aromatic heterocycles. The maximum atomic E-state index is 4.58. The van der Waals surface area contributed by atoms with Gasteiger partial charge in [0.25, 0.3) is 0 Å². The summed E-state index contributed by atoms with van der Waals surface area (Å²) in [5.41, 5.74) is 4.08. The smallest absolute Gasteiger partial charge is 0.199 e. The molecule has 0 aliphatic carbocycles. The standard InChI is InChI=1S/C13H16N6/c1-8-9(2)17-19(10(8)3)13-12-15-5-6-18(12)7-11(14-4)16-13/h5-7,14H,1-4H3. The highest BCUT2D eigenvalue weighted by Crippen LogP contribution is 2.20. The second kappa shape index (κ2) is 4.08. The molecule has 0 saturated heterocycles. The number of rotatable bonds is 2. The molecule has 0 atom stereocenters. The van der Waals surface area contributed by atoms with E-state index in [0.29, 0.717) is 0 Å². The Morgan fingerprint density at radius 3 is 2.63 bits per heavy atom. The Bertz CT molecular complexity index is 752. The number of nitrogens with zero attached hydrogens (tertiary/aromatic N) is 5. The van der Waals surface area contributed by atoms with Gasteiger partial charge in [-0.25, -0.2) is 14.6 Å². The lowest BCUT2D eigenvalue weighted by atomic mass is 10.2. The Balaban J connectivity index is 2.34. The molecule has 0 radical (unpaired) electrons. The number of fused-ring (bicyclic) bond motifs is 1. The van der Waals surface area contributed by atoms with Gasteiger partial charge >= 0.3 is 0 Å². The summed E-state index contributed by atoms with van der Waals surface area (Å²) >= 11 is 0. The van der Waals surface area contributed by atoms with E-state index in [0.717, 1.165) is 28.7 Å². The van der Waals surface area contributed by atoms with Gasteiger partial charge in [-0.05, 0) is 26.3 Å². The van der Waals surface area contributed by atoms with Crippen molar-refractivity contribution in [3.05, 3.63) is 35.5 Å². The Morgan fingerprint density at radius 1 is 1.21 bits per heavy atom. The van der Waals surface area contributed by atoms with Crippen LogP contribution in [0.4, 0.5) is 5.82 Å². The quantitative estimate of drug-likeness (QED) is 0.760. The second-order valence-electron chi connectivity index (χ2n) is 4.57. The fourth-order valence-corrected chi connectivity index (χ4v) is 2.10. The minimum atomic E-state index is 0.741. The molecule has 0 bridgehead atoms. The third-order valence-corrected chi connectivity index (χ3v) is 3.47. The van der Waals surface area contributed by atoms with E-state index in [1.807, 2.05) is 42.4 Å². The van der Waals surface area contributed by atoms with Crippen LogP contribution in [0.15, 0.2) is 18.6 Å². The normalized spacial score (nSPS) is 11.2. The van der Waals surface area contributed by atoms with Crippen LogP contribution in [-0.4, -0.2) is 31.2 Å². The third kappa shape index (κ3) is 1.68. The van der Waals surface area contributed by atoms with Crippen LogP contribution >= 0.6 is 0 Å². The molecule has 0 unspecified atom stereocenters. The first-order valence-corrected chi connectivity index (χ1v) is 6.16. The van der Waals surface area contributed by atoms with Gasteiger partial charge in [0, 0.05) is 25.1 Å². The van der Waals surface area contributed by atoms with Gasteiger partial charge in [-0.3, -0.25) is 0 Å². The first-order valence-electron chi connectivity index (χ1n) is 6.16. The van der Waals surface area contributed by atoms with E-state index in [4.69, 9.17) is 0 Å². The molecule has 0 aromatic carbocycles. The molecule has 0 saturated carbocycles. The van der Waals surface area contributed by atoms with Gasteiger partial charge in [0.05, 0.1) is 11.9 Å². The lowest BCUT2D eigenvalue weighted by Gasteiger charge is -2.08. The van der Waals surface area contributed by atoms with E-state index in [2.05, 4.69) is 27.3 Å². The Kier molecular flexibility index (Phi) is 2.51. The molecule has 6 heteroatoms.